The van der Waals surface area contributed by atoms with Crippen LogP contribution >= 0.6 is 0 Å². The third-order valence-electron chi connectivity index (χ3n) is 6.25. The van der Waals surface area contributed by atoms with E-state index in [0.29, 0.717) is 12.0 Å². The summed E-state index contributed by atoms with van der Waals surface area (Å²) in [5.41, 5.74) is 0.607. The third-order valence-corrected chi connectivity index (χ3v) is 6.25. The van der Waals surface area contributed by atoms with Crippen molar-refractivity contribution in [1.29, 1.82) is 0 Å². The van der Waals surface area contributed by atoms with Crippen molar-refractivity contribution in [2.24, 2.45) is 22.7 Å². The van der Waals surface area contributed by atoms with E-state index in [2.05, 4.69) is 5.32 Å². The summed E-state index contributed by atoms with van der Waals surface area (Å²) in [7, 11) is 2.04. The van der Waals surface area contributed by atoms with E-state index in [4.69, 9.17) is 0 Å². The number of nitrogens with zero attached hydrogens (tertiary/aromatic N) is 1. The molecule has 4 bridgehead atoms. The molecule has 4 nitrogen and oxygen atoms in total. The summed E-state index contributed by atoms with van der Waals surface area (Å²) in [6.45, 7) is 1.73. The van der Waals surface area contributed by atoms with Gasteiger partial charge in [-0.3, -0.25) is 14.5 Å². The maximum absolute atomic E-state index is 11.9. The van der Waals surface area contributed by atoms with E-state index in [-0.39, 0.29) is 17.2 Å². The first kappa shape index (κ1) is 13.5. The first-order valence-corrected chi connectivity index (χ1v) is 8.21. The predicted octanol–water partition coefficient (Wildman–Crippen LogP) is 1.72. The molecule has 114 valence electrons. The smallest absolute Gasteiger partial charge is 0.253 e. The fourth-order valence-corrected chi connectivity index (χ4v) is 6.34. The van der Waals surface area contributed by atoms with Gasteiger partial charge >= 0.3 is 0 Å². The van der Waals surface area contributed by atoms with Crippen molar-refractivity contribution in [3.63, 3.8) is 0 Å². The zero-order chi connectivity index (χ0) is 14.7. The Morgan fingerprint density at radius 2 is 1.67 bits per heavy atom. The molecule has 0 aromatic carbocycles. The van der Waals surface area contributed by atoms with Crippen LogP contribution in [0.25, 0.3) is 0 Å². The highest BCUT2D eigenvalue weighted by molar-refractivity contribution is 6.12. The van der Waals surface area contributed by atoms with E-state index >= 15 is 0 Å². The van der Waals surface area contributed by atoms with E-state index in [1.165, 1.54) is 55.6 Å². The minimum atomic E-state index is -0.113. The molecule has 0 aromatic rings. The van der Waals surface area contributed by atoms with Crippen LogP contribution in [0, 0.1) is 22.7 Å². The van der Waals surface area contributed by atoms with Gasteiger partial charge in [-0.15, -0.1) is 0 Å². The fourth-order valence-electron chi connectivity index (χ4n) is 6.34. The second kappa shape index (κ2) is 4.42. The molecule has 4 saturated carbocycles. The highest BCUT2D eigenvalue weighted by Gasteiger charge is 2.58. The molecular formula is C17H24N2O2. The Labute approximate surface area is 125 Å². The number of carbonyl (C=O) groups is 2. The van der Waals surface area contributed by atoms with Crippen LogP contribution in [0.15, 0.2) is 12.2 Å². The molecule has 2 unspecified atom stereocenters. The molecular weight excluding hydrogens is 264 g/mol. The second-order valence-corrected chi connectivity index (χ2v) is 8.09. The van der Waals surface area contributed by atoms with E-state index in [0.717, 1.165) is 18.4 Å². The van der Waals surface area contributed by atoms with Crippen molar-refractivity contribution < 1.29 is 9.59 Å². The average Bonchev–Trinajstić information content (AvgIpc) is 2.68. The van der Waals surface area contributed by atoms with Gasteiger partial charge in [0, 0.05) is 25.2 Å². The summed E-state index contributed by atoms with van der Waals surface area (Å²) in [5.74, 6) is 1.39. The lowest BCUT2D eigenvalue weighted by Crippen LogP contribution is -2.58. The van der Waals surface area contributed by atoms with Crippen molar-refractivity contribution in [2.75, 3.05) is 20.1 Å². The lowest BCUT2D eigenvalue weighted by Gasteiger charge is -2.62. The fraction of sp³-hybridized carbons (Fsp3) is 0.765. The van der Waals surface area contributed by atoms with Crippen molar-refractivity contribution in [3.05, 3.63) is 12.2 Å². The van der Waals surface area contributed by atoms with Gasteiger partial charge < -0.3 is 5.32 Å². The molecule has 0 aromatic heterocycles. The number of carbonyl (C=O) groups excluding carboxylic acids is 2. The Balaban J connectivity index is 1.59. The van der Waals surface area contributed by atoms with Gasteiger partial charge in [0.05, 0.1) is 0 Å². The van der Waals surface area contributed by atoms with Crippen molar-refractivity contribution in [3.8, 4) is 0 Å². The van der Waals surface area contributed by atoms with Crippen molar-refractivity contribution in [1.82, 2.24) is 10.2 Å². The first-order chi connectivity index (χ1) is 10.0. The van der Waals surface area contributed by atoms with Crippen molar-refractivity contribution in [2.45, 2.75) is 38.5 Å². The normalized spacial score (nSPS) is 44.1. The van der Waals surface area contributed by atoms with Crippen LogP contribution in [0.5, 0.6) is 0 Å². The van der Waals surface area contributed by atoms with Crippen LogP contribution in [-0.2, 0) is 9.59 Å². The monoisotopic (exact) mass is 288 g/mol. The van der Waals surface area contributed by atoms with Crippen LogP contribution in [-0.4, -0.2) is 36.9 Å². The molecule has 1 aliphatic heterocycles. The summed E-state index contributed by atoms with van der Waals surface area (Å²) in [5, 5.41) is 3.39. The highest BCUT2D eigenvalue weighted by Crippen LogP contribution is 2.65. The minimum absolute atomic E-state index is 0.113. The summed E-state index contributed by atoms with van der Waals surface area (Å²) >= 11 is 0. The molecule has 2 atom stereocenters. The Hall–Kier alpha value is -1.16. The van der Waals surface area contributed by atoms with E-state index < -0.39 is 0 Å². The van der Waals surface area contributed by atoms with E-state index in [1.807, 2.05) is 7.05 Å². The molecule has 4 aliphatic carbocycles. The maximum atomic E-state index is 11.9. The summed E-state index contributed by atoms with van der Waals surface area (Å²) in [4.78, 5) is 25.3. The summed E-state index contributed by atoms with van der Waals surface area (Å²) in [6, 6.07) is 0. The van der Waals surface area contributed by atoms with Gasteiger partial charge in [-0.05, 0) is 68.2 Å². The average molecular weight is 288 g/mol. The summed E-state index contributed by atoms with van der Waals surface area (Å²) < 4.78 is 0. The molecule has 5 rings (SSSR count). The minimum Gasteiger partial charge on any atom is -0.319 e. The number of amides is 2. The van der Waals surface area contributed by atoms with Gasteiger partial charge in [0.2, 0.25) is 0 Å². The summed E-state index contributed by atoms with van der Waals surface area (Å²) in [6.07, 6.45) is 10.5. The number of rotatable bonds is 4. The van der Waals surface area contributed by atoms with Crippen LogP contribution in [0.3, 0.4) is 0 Å². The van der Waals surface area contributed by atoms with Gasteiger partial charge in [-0.1, -0.05) is 0 Å². The molecule has 0 saturated heterocycles. The number of nitrogens with one attached hydrogen (secondary N) is 1. The van der Waals surface area contributed by atoms with Gasteiger partial charge in [0.1, 0.15) is 0 Å². The predicted molar refractivity (Wildman–Crippen MR) is 79.3 cm³/mol. The molecule has 21 heavy (non-hydrogen) atoms. The van der Waals surface area contributed by atoms with Crippen LogP contribution in [0.1, 0.15) is 38.5 Å². The molecule has 0 spiro atoms. The molecule has 4 heteroatoms. The Bertz CT molecular complexity index is 493. The van der Waals surface area contributed by atoms with Gasteiger partial charge in [-0.2, -0.15) is 0 Å². The number of hydrogen-bond donors (Lipinski definition) is 1. The molecule has 2 amide bonds. The molecule has 4 fully saturated rings. The largest absolute Gasteiger partial charge is 0.319 e. The second-order valence-electron chi connectivity index (χ2n) is 8.09. The Morgan fingerprint density at radius 1 is 1.10 bits per heavy atom. The third kappa shape index (κ3) is 2.07. The van der Waals surface area contributed by atoms with Gasteiger partial charge in [0.15, 0.2) is 0 Å². The number of imide groups is 1. The topological polar surface area (TPSA) is 49.4 Å². The Kier molecular flexibility index (Phi) is 2.84. The zero-order valence-corrected chi connectivity index (χ0v) is 12.7. The lowest BCUT2D eigenvalue weighted by molar-refractivity contribution is -0.149. The van der Waals surface area contributed by atoms with Crippen LogP contribution in [0.2, 0.25) is 0 Å². The standard InChI is InChI=1S/C17H24N2O2/c1-18-10-16-5-12-4-13(6-16)8-17(7-12,9-16)11-19-14(20)2-3-15(19)21/h2-3,12-13,18H,4-11H2,1H3. The van der Waals surface area contributed by atoms with E-state index in [1.54, 1.807) is 0 Å². The quantitative estimate of drug-likeness (QED) is 0.801. The van der Waals surface area contributed by atoms with Gasteiger partial charge in [-0.25, -0.2) is 0 Å². The number of hydrogen-bond acceptors (Lipinski definition) is 3. The SMILES string of the molecule is CNCC12CC3CC(C1)CC(CN1C(=O)C=CC1=O)(C3)C2. The Morgan fingerprint density at radius 3 is 2.24 bits per heavy atom. The maximum Gasteiger partial charge on any atom is 0.253 e. The van der Waals surface area contributed by atoms with Crippen LogP contribution in [0.4, 0.5) is 0 Å². The molecule has 1 heterocycles. The lowest BCUT2D eigenvalue weighted by atomic mass is 9.44. The molecule has 5 aliphatic rings. The van der Waals surface area contributed by atoms with Crippen LogP contribution < -0.4 is 5.32 Å². The first-order valence-electron chi connectivity index (χ1n) is 8.21. The van der Waals surface area contributed by atoms with E-state index in [9.17, 15) is 9.59 Å². The zero-order valence-electron chi connectivity index (χ0n) is 12.7. The highest BCUT2D eigenvalue weighted by atomic mass is 16.2. The van der Waals surface area contributed by atoms with Gasteiger partial charge in [0.25, 0.3) is 11.8 Å². The molecule has 1 N–H and O–H groups in total. The van der Waals surface area contributed by atoms with Crippen molar-refractivity contribution >= 4 is 11.8 Å². The molecule has 0 radical (unpaired) electrons.